The van der Waals surface area contributed by atoms with Crippen molar-refractivity contribution in [3.05, 3.63) is 24.8 Å². The van der Waals surface area contributed by atoms with Crippen molar-refractivity contribution < 1.29 is 0 Å². The Balaban J connectivity index is 4.32. The highest BCUT2D eigenvalue weighted by atomic mass is 15.4. The van der Waals surface area contributed by atoms with Crippen LogP contribution >= 0.6 is 0 Å². The molecule has 0 aliphatic heterocycles. The zero-order valence-electron chi connectivity index (χ0n) is 9.88. The summed E-state index contributed by atoms with van der Waals surface area (Å²) in [6.07, 6.45) is 5.93. The molecule has 0 N–H and O–H groups in total. The largest absolute Gasteiger partial charge is 0.303 e. The van der Waals surface area contributed by atoms with Crippen LogP contribution in [0.1, 0.15) is 26.7 Å². The van der Waals surface area contributed by atoms with E-state index in [-0.39, 0.29) is 5.41 Å². The number of hydrogen-bond donors (Lipinski definition) is 0. The van der Waals surface area contributed by atoms with Gasteiger partial charge in [0.05, 0.1) is 0 Å². The van der Waals surface area contributed by atoms with Gasteiger partial charge in [-0.15, -0.1) is 13.2 Å². The smallest absolute Gasteiger partial charge is 0.0341 e. The molecule has 0 rings (SSSR count). The highest BCUT2D eigenvalue weighted by molar-refractivity contribution is 5.67. The predicted octanol–water partition coefficient (Wildman–Crippen LogP) is 3.08. The summed E-state index contributed by atoms with van der Waals surface area (Å²) in [5, 5.41) is 6.05. The number of allylic oxidation sites excluding steroid dienone is 2. The molecule has 0 aromatic heterocycles. The van der Waals surface area contributed by atoms with Gasteiger partial charge in [0, 0.05) is 25.7 Å². The first-order valence-electron chi connectivity index (χ1n) is 4.90. The Morgan fingerprint density at radius 2 is 2.07 bits per heavy atom. The second-order valence-electron chi connectivity index (χ2n) is 4.26. The van der Waals surface area contributed by atoms with E-state index < -0.39 is 0 Å². The van der Waals surface area contributed by atoms with Gasteiger partial charge in [0.1, 0.15) is 0 Å². The lowest BCUT2D eigenvalue weighted by molar-refractivity contribution is 0.427. The van der Waals surface area contributed by atoms with Crippen molar-refractivity contribution in [3.8, 4) is 0 Å². The Labute approximate surface area is 88.0 Å². The molecule has 0 saturated carbocycles. The van der Waals surface area contributed by atoms with Crippen LogP contribution in [0.5, 0.6) is 0 Å². The number of hydrogen-bond acceptors (Lipinski definition) is 2. The van der Waals surface area contributed by atoms with E-state index in [1.54, 1.807) is 5.01 Å². The minimum absolute atomic E-state index is 0.0246. The van der Waals surface area contributed by atoms with Crippen LogP contribution < -0.4 is 0 Å². The molecule has 0 aliphatic rings. The van der Waals surface area contributed by atoms with E-state index in [9.17, 15) is 0 Å². The van der Waals surface area contributed by atoms with Crippen molar-refractivity contribution in [2.24, 2.45) is 10.5 Å². The summed E-state index contributed by atoms with van der Waals surface area (Å²) in [7, 11) is 3.83. The third kappa shape index (κ3) is 5.57. The summed E-state index contributed by atoms with van der Waals surface area (Å²) in [6, 6.07) is 0. The lowest BCUT2D eigenvalue weighted by atomic mass is 9.86. The van der Waals surface area contributed by atoms with Crippen LogP contribution in [0.25, 0.3) is 0 Å². The molecule has 0 aliphatic carbocycles. The molecule has 0 saturated heterocycles. The van der Waals surface area contributed by atoms with Crippen LogP contribution in [0.15, 0.2) is 29.9 Å². The Kier molecular flexibility index (Phi) is 5.21. The van der Waals surface area contributed by atoms with E-state index in [4.69, 9.17) is 0 Å². The molecule has 2 nitrogen and oxygen atoms in total. The van der Waals surface area contributed by atoms with Crippen LogP contribution in [-0.2, 0) is 0 Å². The molecular formula is C12H22N2. The summed E-state index contributed by atoms with van der Waals surface area (Å²) in [6.45, 7) is 11.9. The molecule has 0 bridgehead atoms. The third-order valence-corrected chi connectivity index (χ3v) is 2.14. The molecule has 0 fully saturated rings. The van der Waals surface area contributed by atoms with Crippen LogP contribution in [0.2, 0.25) is 0 Å². The van der Waals surface area contributed by atoms with E-state index in [1.165, 1.54) is 5.57 Å². The molecule has 0 aromatic rings. The quantitative estimate of drug-likeness (QED) is 0.360. The van der Waals surface area contributed by atoms with Gasteiger partial charge < -0.3 is 5.01 Å². The first-order chi connectivity index (χ1) is 6.39. The SMILES string of the molecule is C=CC(C)(/C=N/N(C)C)CCC(=C)C. The van der Waals surface area contributed by atoms with Gasteiger partial charge in [0.15, 0.2) is 0 Å². The topological polar surface area (TPSA) is 15.6 Å². The normalized spacial score (nSPS) is 15.1. The second kappa shape index (κ2) is 5.63. The van der Waals surface area contributed by atoms with Gasteiger partial charge >= 0.3 is 0 Å². The molecule has 0 amide bonds. The molecule has 0 spiro atoms. The zero-order chi connectivity index (χ0) is 11.2. The van der Waals surface area contributed by atoms with E-state index in [0.29, 0.717) is 0 Å². The first kappa shape index (κ1) is 12.9. The maximum absolute atomic E-state index is 4.25. The van der Waals surface area contributed by atoms with Crippen LogP contribution in [-0.4, -0.2) is 25.3 Å². The summed E-state index contributed by atoms with van der Waals surface area (Å²) < 4.78 is 0. The molecule has 80 valence electrons. The summed E-state index contributed by atoms with van der Waals surface area (Å²) >= 11 is 0. The van der Waals surface area contributed by atoms with E-state index in [2.05, 4.69) is 25.2 Å². The van der Waals surface area contributed by atoms with Gasteiger partial charge in [-0.2, -0.15) is 5.10 Å². The van der Waals surface area contributed by atoms with E-state index >= 15 is 0 Å². The average Bonchev–Trinajstić information content (AvgIpc) is 2.11. The van der Waals surface area contributed by atoms with Crippen LogP contribution in [0, 0.1) is 5.41 Å². The van der Waals surface area contributed by atoms with Crippen LogP contribution in [0.3, 0.4) is 0 Å². The maximum Gasteiger partial charge on any atom is 0.0341 e. The number of hydrazone groups is 1. The van der Waals surface area contributed by atoms with E-state index in [1.807, 2.05) is 33.3 Å². The van der Waals surface area contributed by atoms with Gasteiger partial charge in [0.25, 0.3) is 0 Å². The van der Waals surface area contributed by atoms with Crippen molar-refractivity contribution >= 4 is 6.21 Å². The second-order valence-corrected chi connectivity index (χ2v) is 4.26. The standard InChI is InChI=1S/C12H22N2/c1-7-12(4,9-8-11(2)3)10-13-14(5)6/h7,10H,1-2,8-9H2,3-6H3/b13-10+. The van der Waals surface area contributed by atoms with Crippen molar-refractivity contribution in [1.29, 1.82) is 0 Å². The summed E-state index contributed by atoms with van der Waals surface area (Å²) in [4.78, 5) is 0. The Morgan fingerprint density at radius 1 is 1.50 bits per heavy atom. The molecule has 1 unspecified atom stereocenters. The van der Waals surface area contributed by atoms with Crippen LogP contribution in [0.4, 0.5) is 0 Å². The molecule has 0 aromatic carbocycles. The van der Waals surface area contributed by atoms with Gasteiger partial charge in [-0.05, 0) is 19.8 Å². The van der Waals surface area contributed by atoms with Crippen molar-refractivity contribution in [3.63, 3.8) is 0 Å². The van der Waals surface area contributed by atoms with Crippen molar-refractivity contribution in [1.82, 2.24) is 5.01 Å². The fourth-order valence-electron chi connectivity index (χ4n) is 0.949. The van der Waals surface area contributed by atoms with Crippen molar-refractivity contribution in [2.45, 2.75) is 26.7 Å². The minimum atomic E-state index is -0.0246. The highest BCUT2D eigenvalue weighted by Gasteiger charge is 2.17. The molecule has 2 heteroatoms. The third-order valence-electron chi connectivity index (χ3n) is 2.14. The molecule has 1 atom stereocenters. The predicted molar refractivity (Wildman–Crippen MR) is 64.5 cm³/mol. The monoisotopic (exact) mass is 194 g/mol. The molecule has 14 heavy (non-hydrogen) atoms. The average molecular weight is 194 g/mol. The van der Waals surface area contributed by atoms with Crippen molar-refractivity contribution in [2.75, 3.05) is 14.1 Å². The minimum Gasteiger partial charge on any atom is -0.303 e. The maximum atomic E-state index is 4.25. The summed E-state index contributed by atoms with van der Waals surface area (Å²) in [5.41, 5.74) is 1.18. The lowest BCUT2D eigenvalue weighted by Crippen LogP contribution is -2.17. The fourth-order valence-corrected chi connectivity index (χ4v) is 0.949. The Bertz CT molecular complexity index is 228. The Hall–Kier alpha value is -1.05. The number of rotatable bonds is 6. The first-order valence-corrected chi connectivity index (χ1v) is 4.90. The zero-order valence-corrected chi connectivity index (χ0v) is 9.88. The fraction of sp³-hybridized carbons (Fsp3) is 0.583. The number of nitrogens with zero attached hydrogens (tertiary/aromatic N) is 2. The molecular weight excluding hydrogens is 172 g/mol. The van der Waals surface area contributed by atoms with E-state index in [0.717, 1.165) is 12.8 Å². The molecule has 0 radical (unpaired) electrons. The Morgan fingerprint density at radius 3 is 2.43 bits per heavy atom. The highest BCUT2D eigenvalue weighted by Crippen LogP contribution is 2.24. The van der Waals surface area contributed by atoms with Gasteiger partial charge in [0.2, 0.25) is 0 Å². The molecule has 0 heterocycles. The van der Waals surface area contributed by atoms with Gasteiger partial charge in [-0.1, -0.05) is 18.6 Å². The van der Waals surface area contributed by atoms with Gasteiger partial charge in [-0.25, -0.2) is 0 Å². The lowest BCUT2D eigenvalue weighted by Gasteiger charge is -2.21. The van der Waals surface area contributed by atoms with Gasteiger partial charge in [-0.3, -0.25) is 0 Å². The summed E-state index contributed by atoms with van der Waals surface area (Å²) in [5.74, 6) is 0.